The van der Waals surface area contributed by atoms with Crippen LogP contribution in [-0.4, -0.2) is 42.6 Å². The lowest BCUT2D eigenvalue weighted by molar-refractivity contribution is 0.182. The molecule has 2 rings (SSSR count). The first-order valence-corrected chi connectivity index (χ1v) is 9.85. The van der Waals surface area contributed by atoms with Gasteiger partial charge in [-0.25, -0.2) is 4.99 Å². The second-order valence-corrected chi connectivity index (χ2v) is 6.45. The lowest BCUT2D eigenvalue weighted by Crippen LogP contribution is -2.37. The van der Waals surface area contributed by atoms with E-state index in [1.807, 2.05) is 42.8 Å². The molecule has 0 bridgehead atoms. The fourth-order valence-corrected chi connectivity index (χ4v) is 2.99. The fraction of sp³-hybridized carbons (Fsp3) is 0.524. The van der Waals surface area contributed by atoms with E-state index in [-0.39, 0.29) is 24.0 Å². The van der Waals surface area contributed by atoms with Crippen LogP contribution in [0.2, 0.25) is 0 Å². The van der Waals surface area contributed by atoms with Crippen molar-refractivity contribution >= 4 is 29.9 Å². The Balaban J connectivity index is 0.00000420. The highest BCUT2D eigenvalue weighted by atomic mass is 127. The molecule has 8 heteroatoms. The molecule has 1 aromatic heterocycles. The van der Waals surface area contributed by atoms with Crippen LogP contribution in [0, 0.1) is 13.8 Å². The topological polar surface area (TPSA) is 72.7 Å². The number of ether oxygens (including phenoxy) is 2. The number of benzene rings is 1. The van der Waals surface area contributed by atoms with Gasteiger partial charge < -0.3 is 20.1 Å². The summed E-state index contributed by atoms with van der Waals surface area (Å²) in [4.78, 5) is 4.72. The van der Waals surface area contributed by atoms with Gasteiger partial charge in [-0.15, -0.1) is 24.0 Å². The van der Waals surface area contributed by atoms with Gasteiger partial charge in [-0.05, 0) is 33.8 Å². The van der Waals surface area contributed by atoms with Gasteiger partial charge in [0, 0.05) is 37.0 Å². The number of halogens is 1. The Bertz CT molecular complexity index is 776. The summed E-state index contributed by atoms with van der Waals surface area (Å²) < 4.78 is 12.9. The first-order valence-electron chi connectivity index (χ1n) is 9.85. The Morgan fingerprint density at radius 3 is 2.62 bits per heavy atom. The van der Waals surface area contributed by atoms with Crippen molar-refractivity contribution in [2.75, 3.05) is 26.9 Å². The van der Waals surface area contributed by atoms with Crippen LogP contribution in [0.3, 0.4) is 0 Å². The number of para-hydroxylation sites is 1. The number of methoxy groups -OCH3 is 1. The molecule has 29 heavy (non-hydrogen) atoms. The Morgan fingerprint density at radius 1 is 1.17 bits per heavy atom. The van der Waals surface area contributed by atoms with Crippen LogP contribution in [0.25, 0.3) is 0 Å². The maximum Gasteiger partial charge on any atom is 0.191 e. The van der Waals surface area contributed by atoms with E-state index in [1.165, 1.54) is 5.56 Å². The molecular formula is C21H34IN5O2. The van der Waals surface area contributed by atoms with E-state index in [2.05, 4.69) is 29.6 Å². The third-order valence-electron chi connectivity index (χ3n) is 4.50. The van der Waals surface area contributed by atoms with Crippen molar-refractivity contribution in [1.29, 1.82) is 0 Å². The van der Waals surface area contributed by atoms with E-state index < -0.39 is 0 Å². The number of nitrogens with zero attached hydrogens (tertiary/aromatic N) is 3. The second-order valence-electron chi connectivity index (χ2n) is 6.45. The minimum Gasteiger partial charge on any atom is -0.494 e. The number of hydrogen-bond donors (Lipinski definition) is 2. The molecule has 0 fully saturated rings. The summed E-state index contributed by atoms with van der Waals surface area (Å²) in [6.45, 7) is 12.2. The van der Waals surface area contributed by atoms with Crippen molar-refractivity contribution in [2.45, 2.75) is 47.3 Å². The van der Waals surface area contributed by atoms with Crippen molar-refractivity contribution in [2.24, 2.45) is 4.99 Å². The van der Waals surface area contributed by atoms with Crippen molar-refractivity contribution in [3.05, 3.63) is 46.8 Å². The number of guanidine groups is 1. The van der Waals surface area contributed by atoms with Crippen LogP contribution in [0.15, 0.2) is 29.3 Å². The third-order valence-corrected chi connectivity index (χ3v) is 4.50. The largest absolute Gasteiger partial charge is 0.494 e. The molecule has 2 N–H and O–H groups in total. The smallest absolute Gasteiger partial charge is 0.191 e. The molecule has 0 unspecified atom stereocenters. The van der Waals surface area contributed by atoms with Crippen LogP contribution in [0.5, 0.6) is 5.75 Å². The molecule has 1 aromatic carbocycles. The van der Waals surface area contributed by atoms with Crippen LogP contribution < -0.4 is 15.4 Å². The SMILES string of the molecule is CCNC(=NCc1ccccc1OCC)NCc1c(C)nn(CCOC)c1C.I. The Kier molecular flexibility index (Phi) is 11.7. The molecule has 0 aliphatic carbocycles. The minimum absolute atomic E-state index is 0. The fourth-order valence-electron chi connectivity index (χ4n) is 2.99. The van der Waals surface area contributed by atoms with E-state index in [0.29, 0.717) is 26.3 Å². The summed E-state index contributed by atoms with van der Waals surface area (Å²) in [6, 6.07) is 8.02. The van der Waals surface area contributed by atoms with Gasteiger partial charge in [0.05, 0.1) is 32.0 Å². The molecule has 0 aliphatic heterocycles. The summed E-state index contributed by atoms with van der Waals surface area (Å²) >= 11 is 0. The van der Waals surface area contributed by atoms with Crippen molar-refractivity contribution in [1.82, 2.24) is 20.4 Å². The Morgan fingerprint density at radius 2 is 1.93 bits per heavy atom. The molecule has 0 saturated carbocycles. The number of aliphatic imine (C=N–C) groups is 1. The number of nitrogens with one attached hydrogen (secondary N) is 2. The second kappa shape index (κ2) is 13.4. The number of rotatable bonds is 10. The number of aryl methyl sites for hydroxylation is 1. The average molecular weight is 515 g/mol. The third kappa shape index (κ3) is 7.50. The van der Waals surface area contributed by atoms with Gasteiger partial charge in [0.1, 0.15) is 5.75 Å². The molecular weight excluding hydrogens is 481 g/mol. The van der Waals surface area contributed by atoms with Gasteiger partial charge in [0.15, 0.2) is 5.96 Å². The first kappa shape index (κ1) is 25.2. The van der Waals surface area contributed by atoms with Crippen LogP contribution in [0.1, 0.15) is 36.4 Å². The summed E-state index contributed by atoms with van der Waals surface area (Å²) in [5, 5.41) is 11.3. The van der Waals surface area contributed by atoms with Gasteiger partial charge in [-0.3, -0.25) is 4.68 Å². The molecule has 0 spiro atoms. The highest BCUT2D eigenvalue weighted by Crippen LogP contribution is 2.18. The predicted octanol–water partition coefficient (Wildman–Crippen LogP) is 3.42. The normalized spacial score (nSPS) is 11.1. The van der Waals surface area contributed by atoms with Crippen molar-refractivity contribution < 1.29 is 9.47 Å². The van der Waals surface area contributed by atoms with Crippen LogP contribution >= 0.6 is 24.0 Å². The predicted molar refractivity (Wildman–Crippen MR) is 128 cm³/mol. The average Bonchev–Trinajstić information content (AvgIpc) is 2.96. The summed E-state index contributed by atoms with van der Waals surface area (Å²) in [5.74, 6) is 1.66. The monoisotopic (exact) mass is 515 g/mol. The van der Waals surface area contributed by atoms with E-state index in [4.69, 9.17) is 14.5 Å². The molecule has 7 nitrogen and oxygen atoms in total. The quantitative estimate of drug-likeness (QED) is 0.288. The number of aromatic nitrogens is 2. The standard InChI is InChI=1S/C21H33N5O2.HI/c1-6-22-21(23-14-18-10-8-9-11-20(18)28-7-2)24-15-19-16(3)25-26(17(19)4)12-13-27-5;/h8-11H,6-7,12-15H2,1-5H3,(H2,22,23,24);1H. The molecule has 2 aromatic rings. The highest BCUT2D eigenvalue weighted by molar-refractivity contribution is 14.0. The Hall–Kier alpha value is -1.81. The minimum atomic E-state index is 0. The van der Waals surface area contributed by atoms with E-state index in [9.17, 15) is 0 Å². The molecule has 0 saturated heterocycles. The van der Waals surface area contributed by atoms with Crippen LogP contribution in [-0.2, 0) is 24.4 Å². The van der Waals surface area contributed by atoms with Gasteiger partial charge >= 0.3 is 0 Å². The summed E-state index contributed by atoms with van der Waals surface area (Å²) in [6.07, 6.45) is 0. The van der Waals surface area contributed by atoms with Gasteiger partial charge in [0.2, 0.25) is 0 Å². The molecule has 0 atom stereocenters. The number of hydrogen-bond acceptors (Lipinski definition) is 4. The summed E-state index contributed by atoms with van der Waals surface area (Å²) in [7, 11) is 1.71. The Labute approximate surface area is 191 Å². The molecule has 0 amide bonds. The molecule has 0 radical (unpaired) electrons. The van der Waals surface area contributed by atoms with Gasteiger partial charge in [0.25, 0.3) is 0 Å². The van der Waals surface area contributed by atoms with E-state index >= 15 is 0 Å². The molecule has 0 aliphatic rings. The molecule has 1 heterocycles. The van der Waals surface area contributed by atoms with Gasteiger partial charge in [-0.1, -0.05) is 18.2 Å². The zero-order chi connectivity index (χ0) is 20.4. The highest BCUT2D eigenvalue weighted by Gasteiger charge is 2.12. The van der Waals surface area contributed by atoms with Gasteiger partial charge in [-0.2, -0.15) is 5.10 Å². The first-order chi connectivity index (χ1) is 13.6. The van der Waals surface area contributed by atoms with E-state index in [0.717, 1.165) is 41.7 Å². The van der Waals surface area contributed by atoms with E-state index in [1.54, 1.807) is 7.11 Å². The zero-order valence-corrected chi connectivity index (χ0v) is 20.4. The zero-order valence-electron chi connectivity index (χ0n) is 18.1. The maximum atomic E-state index is 5.69. The maximum absolute atomic E-state index is 5.69. The lowest BCUT2D eigenvalue weighted by Gasteiger charge is -2.13. The van der Waals surface area contributed by atoms with Crippen molar-refractivity contribution in [3.8, 4) is 5.75 Å². The summed E-state index contributed by atoms with van der Waals surface area (Å²) in [5.41, 5.74) is 4.44. The molecule has 162 valence electrons. The lowest BCUT2D eigenvalue weighted by atomic mass is 10.2. The van der Waals surface area contributed by atoms with Crippen LogP contribution in [0.4, 0.5) is 0 Å². The van der Waals surface area contributed by atoms with Crippen molar-refractivity contribution in [3.63, 3.8) is 0 Å².